The molecule has 8 heteroatoms. The van der Waals surface area contributed by atoms with E-state index in [2.05, 4.69) is 5.43 Å². The number of hydrazine groups is 1. The van der Waals surface area contributed by atoms with Crippen LogP contribution in [-0.4, -0.2) is 40.5 Å². The van der Waals surface area contributed by atoms with Gasteiger partial charge in [-0.25, -0.2) is 0 Å². The molecule has 1 rings (SSSR count). The molecular formula is C11H16N4O4. The van der Waals surface area contributed by atoms with Gasteiger partial charge in [0.15, 0.2) is 0 Å². The Balaban J connectivity index is 3.12. The summed E-state index contributed by atoms with van der Waals surface area (Å²) in [6.45, 7) is 1.48. The van der Waals surface area contributed by atoms with E-state index in [0.29, 0.717) is 0 Å². The van der Waals surface area contributed by atoms with Crippen molar-refractivity contribution in [1.29, 1.82) is 0 Å². The number of nitrogens with one attached hydrogen (secondary N) is 1. The number of nitrogens with two attached hydrogens (primary N) is 1. The number of hydrogen-bond acceptors (Lipinski definition) is 6. The van der Waals surface area contributed by atoms with Crippen molar-refractivity contribution in [1.82, 2.24) is 4.90 Å². The van der Waals surface area contributed by atoms with Gasteiger partial charge in [0.1, 0.15) is 5.69 Å². The summed E-state index contributed by atoms with van der Waals surface area (Å²) in [4.78, 5) is 23.6. The highest BCUT2D eigenvalue weighted by Crippen LogP contribution is 2.25. The van der Waals surface area contributed by atoms with Crippen molar-refractivity contribution in [3.05, 3.63) is 33.9 Å². The third-order valence-corrected chi connectivity index (χ3v) is 2.84. The SMILES string of the molecule is CC(CO)N(C)C(=O)c1ccc(NN)c([N+](=O)[O-])c1. The van der Waals surface area contributed by atoms with E-state index in [9.17, 15) is 14.9 Å². The van der Waals surface area contributed by atoms with Crippen LogP contribution in [-0.2, 0) is 0 Å². The molecule has 0 saturated carbocycles. The predicted octanol–water partition coefficient (Wildman–Crippen LogP) is 0.333. The van der Waals surface area contributed by atoms with Crippen molar-refractivity contribution in [3.63, 3.8) is 0 Å². The number of carbonyl (C=O) groups excluding carboxylic acids is 1. The standard InChI is InChI=1S/C11H16N4O4/c1-7(6-16)14(2)11(17)8-3-4-9(13-12)10(5-8)15(18)19/h3-5,7,13,16H,6,12H2,1-2H3. The molecule has 0 bridgehead atoms. The molecule has 1 unspecified atom stereocenters. The van der Waals surface area contributed by atoms with Crippen LogP contribution in [0.15, 0.2) is 18.2 Å². The molecule has 0 aliphatic carbocycles. The second-order valence-corrected chi connectivity index (χ2v) is 4.08. The highest BCUT2D eigenvalue weighted by Gasteiger charge is 2.21. The molecule has 0 aromatic heterocycles. The maximum absolute atomic E-state index is 12.1. The van der Waals surface area contributed by atoms with E-state index in [4.69, 9.17) is 10.9 Å². The first-order valence-corrected chi connectivity index (χ1v) is 5.55. The van der Waals surface area contributed by atoms with Crippen LogP contribution in [0, 0.1) is 10.1 Å². The quantitative estimate of drug-likeness (QED) is 0.402. The maximum Gasteiger partial charge on any atom is 0.294 e. The number of nitro groups is 1. The molecule has 104 valence electrons. The van der Waals surface area contributed by atoms with Gasteiger partial charge < -0.3 is 15.4 Å². The summed E-state index contributed by atoms with van der Waals surface area (Å²) < 4.78 is 0. The fourth-order valence-corrected chi connectivity index (χ4v) is 1.46. The van der Waals surface area contributed by atoms with Gasteiger partial charge in [0.25, 0.3) is 11.6 Å². The summed E-state index contributed by atoms with van der Waals surface area (Å²) in [7, 11) is 1.52. The second kappa shape index (κ2) is 6.12. The number of benzene rings is 1. The van der Waals surface area contributed by atoms with Gasteiger partial charge in [-0.1, -0.05) is 0 Å². The van der Waals surface area contributed by atoms with Crippen molar-refractivity contribution in [2.75, 3.05) is 19.1 Å². The lowest BCUT2D eigenvalue weighted by molar-refractivity contribution is -0.384. The average molecular weight is 268 g/mol. The number of nitrogen functional groups attached to an aromatic ring is 1. The van der Waals surface area contributed by atoms with E-state index in [1.807, 2.05) is 0 Å². The van der Waals surface area contributed by atoms with Gasteiger partial charge in [-0.05, 0) is 19.1 Å². The van der Waals surface area contributed by atoms with Gasteiger partial charge in [-0.15, -0.1) is 0 Å². The second-order valence-electron chi connectivity index (χ2n) is 4.08. The third-order valence-electron chi connectivity index (χ3n) is 2.84. The molecule has 0 spiro atoms. The first kappa shape index (κ1) is 14.9. The summed E-state index contributed by atoms with van der Waals surface area (Å²) in [5, 5.41) is 19.9. The fraction of sp³-hybridized carbons (Fsp3) is 0.364. The van der Waals surface area contributed by atoms with Gasteiger partial charge in [0.05, 0.1) is 17.6 Å². The normalized spacial score (nSPS) is 11.8. The van der Waals surface area contributed by atoms with Gasteiger partial charge in [0, 0.05) is 18.7 Å². The van der Waals surface area contributed by atoms with E-state index in [1.165, 1.54) is 24.1 Å². The molecule has 0 fully saturated rings. The van der Waals surface area contributed by atoms with Crippen molar-refractivity contribution < 1.29 is 14.8 Å². The zero-order chi connectivity index (χ0) is 14.6. The lowest BCUT2D eigenvalue weighted by atomic mass is 10.1. The Hall–Kier alpha value is -2.19. The summed E-state index contributed by atoms with van der Waals surface area (Å²) >= 11 is 0. The number of aliphatic hydroxyl groups is 1. The summed E-state index contributed by atoms with van der Waals surface area (Å²) in [5.41, 5.74) is 2.21. The Labute approximate surface area is 109 Å². The van der Waals surface area contributed by atoms with Crippen LogP contribution in [0.2, 0.25) is 0 Å². The number of rotatable bonds is 5. The summed E-state index contributed by atoms with van der Waals surface area (Å²) in [5.74, 6) is 4.75. The number of anilines is 1. The molecule has 1 atom stereocenters. The van der Waals surface area contributed by atoms with Crippen molar-refractivity contribution in [2.45, 2.75) is 13.0 Å². The van der Waals surface area contributed by atoms with E-state index in [1.54, 1.807) is 6.92 Å². The lowest BCUT2D eigenvalue weighted by Crippen LogP contribution is -2.37. The molecular weight excluding hydrogens is 252 g/mol. The Morgan fingerprint density at radius 3 is 2.74 bits per heavy atom. The number of amides is 1. The monoisotopic (exact) mass is 268 g/mol. The first-order chi connectivity index (χ1) is 8.92. The number of likely N-dealkylation sites (N-methyl/N-ethyl adjacent to an activating group) is 1. The Morgan fingerprint density at radius 2 is 2.26 bits per heavy atom. The van der Waals surface area contributed by atoms with Crippen LogP contribution < -0.4 is 11.3 Å². The minimum Gasteiger partial charge on any atom is -0.394 e. The molecule has 0 radical (unpaired) electrons. The zero-order valence-electron chi connectivity index (χ0n) is 10.7. The molecule has 4 N–H and O–H groups in total. The minimum absolute atomic E-state index is 0.124. The smallest absolute Gasteiger partial charge is 0.294 e. The van der Waals surface area contributed by atoms with Crippen LogP contribution in [0.1, 0.15) is 17.3 Å². The number of nitrogens with zero attached hydrogens (tertiary/aromatic N) is 2. The van der Waals surface area contributed by atoms with Crippen molar-refractivity contribution >= 4 is 17.3 Å². The highest BCUT2D eigenvalue weighted by atomic mass is 16.6. The maximum atomic E-state index is 12.1. The molecule has 1 aromatic carbocycles. The molecule has 19 heavy (non-hydrogen) atoms. The number of hydrogen-bond donors (Lipinski definition) is 3. The van der Waals surface area contributed by atoms with E-state index in [-0.39, 0.29) is 29.6 Å². The van der Waals surface area contributed by atoms with Gasteiger partial charge in [-0.2, -0.15) is 0 Å². The van der Waals surface area contributed by atoms with Crippen LogP contribution in [0.4, 0.5) is 11.4 Å². The largest absolute Gasteiger partial charge is 0.394 e. The summed E-state index contributed by atoms with van der Waals surface area (Å²) in [6, 6.07) is 3.57. The number of aliphatic hydroxyl groups excluding tert-OH is 1. The molecule has 0 aliphatic heterocycles. The minimum atomic E-state index is -0.624. The Bertz CT molecular complexity index is 492. The lowest BCUT2D eigenvalue weighted by Gasteiger charge is -2.23. The molecule has 8 nitrogen and oxygen atoms in total. The van der Waals surface area contributed by atoms with E-state index >= 15 is 0 Å². The fourth-order valence-electron chi connectivity index (χ4n) is 1.46. The first-order valence-electron chi connectivity index (χ1n) is 5.55. The molecule has 0 heterocycles. The number of carbonyl (C=O) groups is 1. The molecule has 1 aromatic rings. The molecule has 0 aliphatic rings. The van der Waals surface area contributed by atoms with E-state index in [0.717, 1.165) is 6.07 Å². The third kappa shape index (κ3) is 3.18. The highest BCUT2D eigenvalue weighted by molar-refractivity contribution is 5.95. The van der Waals surface area contributed by atoms with Crippen LogP contribution in [0.3, 0.4) is 0 Å². The molecule has 1 amide bonds. The van der Waals surface area contributed by atoms with Gasteiger partial charge in [-0.3, -0.25) is 20.8 Å². The number of nitro benzene ring substituents is 1. The van der Waals surface area contributed by atoms with E-state index < -0.39 is 10.8 Å². The van der Waals surface area contributed by atoms with Gasteiger partial charge in [0.2, 0.25) is 0 Å². The van der Waals surface area contributed by atoms with Crippen molar-refractivity contribution in [3.8, 4) is 0 Å². The molecule has 0 saturated heterocycles. The van der Waals surface area contributed by atoms with Crippen LogP contribution in [0.5, 0.6) is 0 Å². The summed E-state index contributed by atoms with van der Waals surface area (Å²) in [6.07, 6.45) is 0. The van der Waals surface area contributed by atoms with Crippen LogP contribution >= 0.6 is 0 Å². The Morgan fingerprint density at radius 1 is 1.63 bits per heavy atom. The average Bonchev–Trinajstić information content (AvgIpc) is 2.43. The topological polar surface area (TPSA) is 122 Å². The zero-order valence-corrected chi connectivity index (χ0v) is 10.7. The predicted molar refractivity (Wildman–Crippen MR) is 69.5 cm³/mol. The Kier molecular flexibility index (Phi) is 4.79. The van der Waals surface area contributed by atoms with Crippen LogP contribution in [0.25, 0.3) is 0 Å². The van der Waals surface area contributed by atoms with Gasteiger partial charge >= 0.3 is 0 Å². The van der Waals surface area contributed by atoms with Crippen molar-refractivity contribution in [2.24, 2.45) is 5.84 Å².